The molecule has 0 amide bonds. The molecule has 0 radical (unpaired) electrons. The molecule has 66 valence electrons. The molecule has 0 aliphatic heterocycles. The lowest BCUT2D eigenvalue weighted by Crippen LogP contribution is -2.29. The Morgan fingerprint density at radius 3 is 2.55 bits per heavy atom. The van der Waals surface area contributed by atoms with Crippen LogP contribution in [0.5, 0.6) is 0 Å². The Morgan fingerprint density at radius 2 is 2.18 bits per heavy atom. The molecule has 0 aromatic heterocycles. The smallest absolute Gasteiger partial charge is 0.0268 e. The van der Waals surface area contributed by atoms with Crippen LogP contribution in [0.1, 0.15) is 33.1 Å². The molecular weight excluding hydrogens is 202 g/mol. The minimum Gasteiger partial charge on any atom is -0.309 e. The van der Waals surface area contributed by atoms with E-state index >= 15 is 0 Å². The van der Waals surface area contributed by atoms with E-state index in [0.717, 1.165) is 11.0 Å². The van der Waals surface area contributed by atoms with E-state index in [1.165, 1.54) is 19.3 Å². The summed E-state index contributed by atoms with van der Waals surface area (Å²) in [5, 5.41) is 3.42. The molecule has 1 N–H and O–H groups in total. The fraction of sp³-hybridized carbons (Fsp3) is 0.778. The highest BCUT2D eigenvalue weighted by molar-refractivity contribution is 9.11. The summed E-state index contributed by atoms with van der Waals surface area (Å²) in [6.45, 7) is 9.09. The fourth-order valence-corrected chi connectivity index (χ4v) is 1.22. The average molecular weight is 220 g/mol. The third-order valence-corrected chi connectivity index (χ3v) is 1.99. The Bertz CT molecular complexity index is 112. The number of hydrogen-bond donors (Lipinski definition) is 1. The maximum absolute atomic E-state index is 3.78. The third kappa shape index (κ3) is 6.57. The fourth-order valence-electron chi connectivity index (χ4n) is 1.05. The van der Waals surface area contributed by atoms with Gasteiger partial charge >= 0.3 is 0 Å². The van der Waals surface area contributed by atoms with Crippen LogP contribution < -0.4 is 5.32 Å². The summed E-state index contributed by atoms with van der Waals surface area (Å²) in [4.78, 5) is 0. The van der Waals surface area contributed by atoms with Gasteiger partial charge in [0.05, 0.1) is 0 Å². The average Bonchev–Trinajstić information content (AvgIpc) is 1.97. The highest BCUT2D eigenvalue weighted by Crippen LogP contribution is 2.03. The number of nitrogens with one attached hydrogen (secondary N) is 1. The molecule has 0 spiro atoms. The second-order valence-corrected chi connectivity index (χ2v) is 3.91. The molecular formula is C9H18BrN. The monoisotopic (exact) mass is 219 g/mol. The quantitative estimate of drug-likeness (QED) is 0.725. The van der Waals surface area contributed by atoms with Crippen LogP contribution in [0.2, 0.25) is 0 Å². The van der Waals surface area contributed by atoms with Crippen LogP contribution in [-0.4, -0.2) is 12.6 Å². The lowest BCUT2D eigenvalue weighted by Gasteiger charge is -2.14. The highest BCUT2D eigenvalue weighted by atomic mass is 79.9. The predicted octanol–water partition coefficient (Wildman–Crippen LogP) is 3.06. The Morgan fingerprint density at radius 1 is 1.55 bits per heavy atom. The van der Waals surface area contributed by atoms with E-state index < -0.39 is 0 Å². The lowest BCUT2D eigenvalue weighted by atomic mass is 10.1. The first-order valence-electron chi connectivity index (χ1n) is 4.27. The van der Waals surface area contributed by atoms with Crippen molar-refractivity contribution < 1.29 is 0 Å². The zero-order chi connectivity index (χ0) is 8.69. The number of rotatable bonds is 6. The first kappa shape index (κ1) is 11.2. The van der Waals surface area contributed by atoms with Crippen molar-refractivity contribution in [3.05, 3.63) is 11.1 Å². The molecule has 0 aliphatic rings. The molecule has 0 aromatic carbocycles. The summed E-state index contributed by atoms with van der Waals surface area (Å²) in [6, 6.07) is 0.661. The zero-order valence-corrected chi connectivity index (χ0v) is 9.08. The summed E-state index contributed by atoms with van der Waals surface area (Å²) in [5.41, 5.74) is 0. The van der Waals surface area contributed by atoms with Crippen LogP contribution in [0.3, 0.4) is 0 Å². The van der Waals surface area contributed by atoms with Crippen LogP contribution in [0.25, 0.3) is 0 Å². The molecule has 1 nitrogen and oxygen atoms in total. The van der Waals surface area contributed by atoms with Gasteiger partial charge in [0.2, 0.25) is 0 Å². The highest BCUT2D eigenvalue weighted by Gasteiger charge is 2.02. The SMILES string of the molecule is C=C(Br)CNC(CC)CCC. The zero-order valence-electron chi connectivity index (χ0n) is 7.49. The first-order valence-corrected chi connectivity index (χ1v) is 5.06. The Balaban J connectivity index is 3.43. The van der Waals surface area contributed by atoms with Gasteiger partial charge in [-0.15, -0.1) is 0 Å². The minimum absolute atomic E-state index is 0.661. The van der Waals surface area contributed by atoms with Gasteiger partial charge in [0, 0.05) is 17.1 Å². The first-order chi connectivity index (χ1) is 5.20. The van der Waals surface area contributed by atoms with E-state index in [1.54, 1.807) is 0 Å². The van der Waals surface area contributed by atoms with E-state index in [1.807, 2.05) is 0 Å². The van der Waals surface area contributed by atoms with E-state index in [-0.39, 0.29) is 0 Å². The van der Waals surface area contributed by atoms with E-state index in [2.05, 4.69) is 41.7 Å². The van der Waals surface area contributed by atoms with Gasteiger partial charge in [-0.2, -0.15) is 0 Å². The van der Waals surface area contributed by atoms with Gasteiger partial charge in [0.1, 0.15) is 0 Å². The van der Waals surface area contributed by atoms with Crippen molar-refractivity contribution in [2.45, 2.75) is 39.2 Å². The normalized spacial score (nSPS) is 13.0. The van der Waals surface area contributed by atoms with Crippen molar-refractivity contribution in [3.8, 4) is 0 Å². The Hall–Kier alpha value is 0.180. The largest absolute Gasteiger partial charge is 0.309 e. The van der Waals surface area contributed by atoms with Gasteiger partial charge in [-0.3, -0.25) is 0 Å². The third-order valence-electron chi connectivity index (χ3n) is 1.71. The molecule has 0 saturated heterocycles. The molecule has 1 atom stereocenters. The molecule has 0 fully saturated rings. The van der Waals surface area contributed by atoms with E-state index in [4.69, 9.17) is 0 Å². The molecule has 11 heavy (non-hydrogen) atoms. The van der Waals surface area contributed by atoms with Crippen LogP contribution in [0, 0.1) is 0 Å². The van der Waals surface area contributed by atoms with Gasteiger partial charge in [0.15, 0.2) is 0 Å². The topological polar surface area (TPSA) is 12.0 Å². The van der Waals surface area contributed by atoms with Crippen LogP contribution in [-0.2, 0) is 0 Å². The van der Waals surface area contributed by atoms with Gasteiger partial charge in [-0.25, -0.2) is 0 Å². The van der Waals surface area contributed by atoms with Crippen molar-refractivity contribution >= 4 is 15.9 Å². The van der Waals surface area contributed by atoms with Crippen molar-refractivity contribution in [1.29, 1.82) is 0 Å². The van der Waals surface area contributed by atoms with E-state index in [0.29, 0.717) is 6.04 Å². The van der Waals surface area contributed by atoms with Gasteiger partial charge in [-0.05, 0) is 12.8 Å². The molecule has 0 rings (SSSR count). The van der Waals surface area contributed by atoms with Gasteiger partial charge in [0.25, 0.3) is 0 Å². The van der Waals surface area contributed by atoms with Crippen LogP contribution >= 0.6 is 15.9 Å². The maximum Gasteiger partial charge on any atom is 0.0268 e. The molecule has 1 unspecified atom stereocenters. The second kappa shape index (κ2) is 6.86. The Labute approximate surface area is 78.4 Å². The molecule has 0 aliphatic carbocycles. The van der Waals surface area contributed by atoms with Gasteiger partial charge < -0.3 is 5.32 Å². The van der Waals surface area contributed by atoms with Crippen molar-refractivity contribution in [2.24, 2.45) is 0 Å². The molecule has 0 bridgehead atoms. The standard InChI is InChI=1S/C9H18BrN/c1-4-6-9(5-2)11-7-8(3)10/h9,11H,3-7H2,1-2H3. The number of hydrogen-bond acceptors (Lipinski definition) is 1. The minimum atomic E-state index is 0.661. The van der Waals surface area contributed by atoms with E-state index in [9.17, 15) is 0 Å². The maximum atomic E-state index is 3.78. The summed E-state index contributed by atoms with van der Waals surface area (Å²) in [5.74, 6) is 0. The van der Waals surface area contributed by atoms with Crippen molar-refractivity contribution in [2.75, 3.05) is 6.54 Å². The second-order valence-electron chi connectivity index (χ2n) is 2.79. The summed E-state index contributed by atoms with van der Waals surface area (Å²) in [7, 11) is 0. The summed E-state index contributed by atoms with van der Waals surface area (Å²) >= 11 is 3.33. The molecule has 0 heterocycles. The van der Waals surface area contributed by atoms with Crippen LogP contribution in [0.15, 0.2) is 11.1 Å². The molecule has 0 aromatic rings. The Kier molecular flexibility index (Phi) is 6.98. The lowest BCUT2D eigenvalue weighted by molar-refractivity contribution is 0.484. The van der Waals surface area contributed by atoms with Crippen molar-refractivity contribution in [1.82, 2.24) is 5.32 Å². The molecule has 2 heteroatoms. The summed E-state index contributed by atoms with van der Waals surface area (Å²) in [6.07, 6.45) is 3.71. The number of halogens is 1. The predicted molar refractivity (Wildman–Crippen MR) is 55.1 cm³/mol. The van der Waals surface area contributed by atoms with Crippen molar-refractivity contribution in [3.63, 3.8) is 0 Å². The van der Waals surface area contributed by atoms with Gasteiger partial charge in [-0.1, -0.05) is 42.8 Å². The van der Waals surface area contributed by atoms with Crippen LogP contribution in [0.4, 0.5) is 0 Å². The summed E-state index contributed by atoms with van der Waals surface area (Å²) < 4.78 is 1.03. The molecule has 0 saturated carbocycles.